The van der Waals surface area contributed by atoms with Crippen LogP contribution < -0.4 is 14.7 Å². The highest BCUT2D eigenvalue weighted by molar-refractivity contribution is 5.71. The molecule has 0 amide bonds. The lowest BCUT2D eigenvalue weighted by atomic mass is 9.71. The molecule has 1 aromatic rings. The number of carboxylic acid groups (broad SMARTS) is 1. The molecule has 1 saturated heterocycles. The van der Waals surface area contributed by atoms with Gasteiger partial charge in [0.1, 0.15) is 30.2 Å². The van der Waals surface area contributed by atoms with Crippen LogP contribution in [0, 0.1) is 5.92 Å². The van der Waals surface area contributed by atoms with Crippen molar-refractivity contribution in [1.82, 2.24) is 0 Å². The standard InChI is InChI=1S/C21H31NO8/c1-22(2)11-13-6-3-4-9-21(13,28)12-7-5-8-14(10-12)29-20-17(25)15(23)16(24)18(30-20)19(26)27/h5,7-8,10,13,15-18,20,23-25,28H,3-4,6,9,11H2,1-2H3,(H,26,27)/t13-,15+,16+,17-,18+,20-,21+/m1/s1. The molecule has 1 aliphatic carbocycles. The van der Waals surface area contributed by atoms with Crippen molar-refractivity contribution in [3.63, 3.8) is 0 Å². The molecule has 0 radical (unpaired) electrons. The van der Waals surface area contributed by atoms with Gasteiger partial charge in [-0.25, -0.2) is 0 Å². The normalized spacial score (nSPS) is 37.2. The van der Waals surface area contributed by atoms with Gasteiger partial charge >= 0.3 is 0 Å². The molecule has 0 bridgehead atoms. The van der Waals surface area contributed by atoms with Crippen LogP contribution in [0.15, 0.2) is 24.3 Å². The second-order valence-electron chi connectivity index (χ2n) is 8.64. The Labute approximate surface area is 175 Å². The highest BCUT2D eigenvalue weighted by Crippen LogP contribution is 2.42. The van der Waals surface area contributed by atoms with E-state index in [-0.39, 0.29) is 11.7 Å². The zero-order valence-electron chi connectivity index (χ0n) is 17.2. The van der Waals surface area contributed by atoms with Gasteiger partial charge in [-0.2, -0.15) is 0 Å². The molecule has 30 heavy (non-hydrogen) atoms. The van der Waals surface area contributed by atoms with Crippen LogP contribution in [0.4, 0.5) is 0 Å². The van der Waals surface area contributed by atoms with Crippen molar-refractivity contribution in [1.29, 1.82) is 0 Å². The lowest BCUT2D eigenvalue weighted by Crippen LogP contribution is -3.06. The van der Waals surface area contributed by atoms with Gasteiger partial charge in [0.15, 0.2) is 0 Å². The summed E-state index contributed by atoms with van der Waals surface area (Å²) in [6, 6.07) is 6.75. The maximum atomic E-state index is 11.5. The number of ether oxygens (including phenoxy) is 2. The van der Waals surface area contributed by atoms with Crippen LogP contribution in [0.2, 0.25) is 0 Å². The van der Waals surface area contributed by atoms with Crippen molar-refractivity contribution in [3.8, 4) is 5.75 Å². The van der Waals surface area contributed by atoms with Crippen molar-refractivity contribution >= 4 is 5.97 Å². The SMILES string of the molecule is C[NH+](C)C[C@H]1CCCC[C@]1(O)c1cccc(O[C@@H]2O[C@H](C(=O)[O-])[C@@H](O)[C@H](O)[C@H]2O)c1. The van der Waals surface area contributed by atoms with E-state index in [1.54, 1.807) is 18.2 Å². The molecule has 1 aliphatic heterocycles. The minimum absolute atomic E-state index is 0.0717. The maximum Gasteiger partial charge on any atom is 0.229 e. The van der Waals surface area contributed by atoms with Gasteiger partial charge in [-0.15, -0.1) is 0 Å². The van der Waals surface area contributed by atoms with E-state index in [1.807, 2.05) is 20.2 Å². The molecule has 0 spiro atoms. The molecule has 1 aromatic carbocycles. The highest BCUT2D eigenvalue weighted by atomic mass is 16.7. The van der Waals surface area contributed by atoms with Crippen molar-refractivity contribution < 1.29 is 44.7 Å². The topological polar surface area (TPSA) is 144 Å². The molecule has 5 N–H and O–H groups in total. The van der Waals surface area contributed by atoms with Crippen LogP contribution in [0.1, 0.15) is 31.2 Å². The summed E-state index contributed by atoms with van der Waals surface area (Å²) < 4.78 is 10.7. The summed E-state index contributed by atoms with van der Waals surface area (Å²) >= 11 is 0. The van der Waals surface area contributed by atoms with E-state index >= 15 is 0 Å². The summed E-state index contributed by atoms with van der Waals surface area (Å²) in [7, 11) is 4.09. The molecule has 7 atom stereocenters. The Hall–Kier alpha value is -1.75. The largest absolute Gasteiger partial charge is 0.547 e. The monoisotopic (exact) mass is 425 g/mol. The summed E-state index contributed by atoms with van der Waals surface area (Å²) in [5, 5.41) is 52.5. The molecule has 2 fully saturated rings. The minimum Gasteiger partial charge on any atom is -0.547 e. The number of carbonyl (C=O) groups excluding carboxylic acids is 1. The molecule has 9 heteroatoms. The van der Waals surface area contributed by atoms with Crippen LogP contribution in [0.3, 0.4) is 0 Å². The van der Waals surface area contributed by atoms with E-state index in [1.165, 1.54) is 4.90 Å². The molecule has 2 aliphatic rings. The summed E-state index contributed by atoms with van der Waals surface area (Å²) in [4.78, 5) is 12.4. The quantitative estimate of drug-likeness (QED) is 0.328. The van der Waals surface area contributed by atoms with Crippen LogP contribution in [-0.4, -0.2) is 77.7 Å². The van der Waals surface area contributed by atoms with Crippen LogP contribution >= 0.6 is 0 Å². The zero-order chi connectivity index (χ0) is 22.1. The number of aliphatic hydroxyl groups excluding tert-OH is 3. The van der Waals surface area contributed by atoms with E-state index < -0.39 is 42.3 Å². The number of hydrogen-bond donors (Lipinski definition) is 5. The lowest BCUT2D eigenvalue weighted by Gasteiger charge is -2.41. The second kappa shape index (κ2) is 9.17. The van der Waals surface area contributed by atoms with Crippen LogP contribution in [0.25, 0.3) is 0 Å². The number of aliphatic carboxylic acids is 1. The average Bonchev–Trinajstić information content (AvgIpc) is 2.70. The third kappa shape index (κ3) is 4.61. The van der Waals surface area contributed by atoms with Gasteiger partial charge in [-0.1, -0.05) is 25.0 Å². The number of benzene rings is 1. The Kier molecular flexibility index (Phi) is 7.01. The first-order chi connectivity index (χ1) is 14.1. The molecule has 168 valence electrons. The van der Waals surface area contributed by atoms with Crippen LogP contribution in [0.5, 0.6) is 5.75 Å². The Morgan fingerprint density at radius 1 is 1.23 bits per heavy atom. The smallest absolute Gasteiger partial charge is 0.229 e. The van der Waals surface area contributed by atoms with Gasteiger partial charge < -0.3 is 44.7 Å². The van der Waals surface area contributed by atoms with Crippen molar-refractivity contribution in [3.05, 3.63) is 29.8 Å². The number of carboxylic acids is 1. The van der Waals surface area contributed by atoms with Gasteiger partial charge in [0.2, 0.25) is 6.29 Å². The lowest BCUT2D eigenvalue weighted by molar-refractivity contribution is -0.863. The first-order valence-corrected chi connectivity index (χ1v) is 10.3. The first kappa shape index (κ1) is 22.9. The van der Waals surface area contributed by atoms with Gasteiger partial charge in [-0.3, -0.25) is 0 Å². The maximum absolute atomic E-state index is 11.5. The molecular formula is C21H31NO8. The molecule has 1 heterocycles. The Morgan fingerprint density at radius 2 is 1.97 bits per heavy atom. The summed E-state index contributed by atoms with van der Waals surface area (Å²) in [5.41, 5.74) is -0.349. The number of rotatable bonds is 6. The third-order valence-electron chi connectivity index (χ3n) is 6.08. The summed E-state index contributed by atoms with van der Waals surface area (Å²) in [6.07, 6.45) is -5.15. The van der Waals surface area contributed by atoms with E-state index in [9.17, 15) is 30.3 Å². The summed E-state index contributed by atoms with van der Waals surface area (Å²) in [6.45, 7) is 0.809. The fraction of sp³-hybridized carbons (Fsp3) is 0.667. The summed E-state index contributed by atoms with van der Waals surface area (Å²) in [5.74, 6) is -1.41. The van der Waals surface area contributed by atoms with Gasteiger partial charge in [0.25, 0.3) is 0 Å². The van der Waals surface area contributed by atoms with E-state index in [0.717, 1.165) is 25.8 Å². The zero-order valence-corrected chi connectivity index (χ0v) is 17.2. The molecule has 3 rings (SSSR count). The van der Waals surface area contributed by atoms with E-state index in [0.29, 0.717) is 12.0 Å². The minimum atomic E-state index is -1.84. The Morgan fingerprint density at radius 3 is 2.63 bits per heavy atom. The van der Waals surface area contributed by atoms with Gasteiger partial charge in [0.05, 0.1) is 32.2 Å². The van der Waals surface area contributed by atoms with Gasteiger partial charge in [-0.05, 0) is 30.5 Å². The molecule has 0 aromatic heterocycles. The third-order valence-corrected chi connectivity index (χ3v) is 6.08. The number of aliphatic hydroxyl groups is 4. The number of nitrogens with one attached hydrogen (secondary N) is 1. The molecule has 0 unspecified atom stereocenters. The van der Waals surface area contributed by atoms with E-state index in [2.05, 4.69) is 0 Å². The van der Waals surface area contributed by atoms with Crippen molar-refractivity contribution in [2.75, 3.05) is 20.6 Å². The van der Waals surface area contributed by atoms with E-state index in [4.69, 9.17) is 9.47 Å². The van der Waals surface area contributed by atoms with Gasteiger partial charge in [0, 0.05) is 5.92 Å². The van der Waals surface area contributed by atoms with Crippen molar-refractivity contribution in [2.24, 2.45) is 5.92 Å². The Balaban J connectivity index is 1.82. The average molecular weight is 425 g/mol. The predicted molar refractivity (Wildman–Crippen MR) is 102 cm³/mol. The number of carbonyl (C=O) groups is 1. The molecular weight excluding hydrogens is 394 g/mol. The number of hydrogen-bond acceptors (Lipinski definition) is 8. The Bertz CT molecular complexity index is 743. The highest BCUT2D eigenvalue weighted by Gasteiger charge is 2.46. The molecule has 1 saturated carbocycles. The first-order valence-electron chi connectivity index (χ1n) is 10.3. The fourth-order valence-electron chi connectivity index (χ4n) is 4.48. The second-order valence-corrected chi connectivity index (χ2v) is 8.64. The predicted octanol–water partition coefficient (Wildman–Crippen LogP) is -2.85. The van der Waals surface area contributed by atoms with Crippen LogP contribution in [-0.2, 0) is 15.1 Å². The molecule has 9 nitrogen and oxygen atoms in total. The number of quaternary nitrogens is 1. The fourth-order valence-corrected chi connectivity index (χ4v) is 4.48. The van der Waals surface area contributed by atoms with Crippen molar-refractivity contribution in [2.45, 2.75) is 62.0 Å².